The Morgan fingerprint density at radius 1 is 0.228 bits per heavy atom. The van der Waals surface area contributed by atoms with Crippen molar-refractivity contribution in [2.75, 3.05) is 0 Å². The molecule has 0 amide bonds. The van der Waals surface area contributed by atoms with Gasteiger partial charge in [0.2, 0.25) is 0 Å². The van der Waals surface area contributed by atoms with E-state index in [-0.39, 0.29) is 5.82 Å². The van der Waals surface area contributed by atoms with E-state index in [1.165, 1.54) is 109 Å². The summed E-state index contributed by atoms with van der Waals surface area (Å²) in [6.07, 6.45) is 0. The van der Waals surface area contributed by atoms with Gasteiger partial charge in [0.25, 0.3) is 0 Å². The fraction of sp³-hybridized carbons (Fsp3) is 0. The number of hydrogen-bond acceptors (Lipinski definition) is 0. The van der Waals surface area contributed by atoms with Crippen LogP contribution in [0.15, 0.2) is 200 Å². The maximum Gasteiger partial charge on any atom is 0.123 e. The monoisotopic (exact) mass is 724 g/mol. The van der Waals surface area contributed by atoms with Gasteiger partial charge < -0.3 is 0 Å². The molecule has 0 bridgehead atoms. The van der Waals surface area contributed by atoms with Crippen LogP contribution < -0.4 is 0 Å². The zero-order valence-corrected chi connectivity index (χ0v) is 30.9. The first-order chi connectivity index (χ1) is 28.1. The van der Waals surface area contributed by atoms with E-state index in [9.17, 15) is 4.39 Å². The highest BCUT2D eigenvalue weighted by atomic mass is 19.1. The quantitative estimate of drug-likeness (QED) is 0.155. The highest BCUT2D eigenvalue weighted by Crippen LogP contribution is 2.44. The predicted molar refractivity (Wildman–Crippen MR) is 241 cm³/mol. The Morgan fingerprint density at radius 2 is 0.544 bits per heavy atom. The van der Waals surface area contributed by atoms with Gasteiger partial charge in [-0.05, 0) is 151 Å². The fourth-order valence-electron chi connectivity index (χ4n) is 9.53. The molecule has 0 heterocycles. The van der Waals surface area contributed by atoms with Crippen LogP contribution in [0.5, 0.6) is 0 Å². The lowest BCUT2D eigenvalue weighted by atomic mass is 9.87. The average molecular weight is 725 g/mol. The molecule has 0 atom stereocenters. The molecule has 0 N–H and O–H groups in total. The van der Waals surface area contributed by atoms with Crippen molar-refractivity contribution in [3.05, 3.63) is 206 Å². The first-order valence-electron chi connectivity index (χ1n) is 19.6. The Labute approximate surface area is 329 Å². The molecule has 0 aliphatic rings. The molecule has 0 aliphatic carbocycles. The zero-order valence-electron chi connectivity index (χ0n) is 30.9. The molecule has 12 aromatic carbocycles. The van der Waals surface area contributed by atoms with E-state index in [4.69, 9.17) is 0 Å². The number of hydrogen-bond donors (Lipinski definition) is 0. The number of rotatable bonds is 5. The lowest BCUT2D eigenvalue weighted by Gasteiger charge is -2.17. The first-order valence-corrected chi connectivity index (χ1v) is 19.6. The van der Waals surface area contributed by atoms with Crippen molar-refractivity contribution in [2.45, 2.75) is 0 Å². The van der Waals surface area contributed by atoms with E-state index in [2.05, 4.69) is 176 Å². The Balaban J connectivity index is 0.937. The van der Waals surface area contributed by atoms with Crippen molar-refractivity contribution >= 4 is 64.6 Å². The molecular formula is C56H33F. The topological polar surface area (TPSA) is 0 Å². The molecule has 1 heteroatoms. The average Bonchev–Trinajstić information content (AvgIpc) is 3.27. The lowest BCUT2D eigenvalue weighted by molar-refractivity contribution is 0.628. The van der Waals surface area contributed by atoms with Crippen LogP contribution in [0.2, 0.25) is 0 Å². The van der Waals surface area contributed by atoms with Crippen molar-refractivity contribution in [1.29, 1.82) is 0 Å². The zero-order chi connectivity index (χ0) is 37.6. The standard InChI is InChI=1S/C56H33F/c57-46-23-15-34(16-24-46)47-25-17-38-22-30-52-49(27-19-39-21-29-50(47)55(38)56(39)52)45-12-4-10-43(33-45)41-8-2-7-40(31-41)42-9-3-11-44(32-42)48-26-18-37-14-13-35-5-1-6-36-20-28-51(48)54(37)53(35)36/h1-33H. The van der Waals surface area contributed by atoms with Crippen LogP contribution >= 0.6 is 0 Å². The van der Waals surface area contributed by atoms with Crippen LogP contribution in [-0.2, 0) is 0 Å². The predicted octanol–water partition coefficient (Wildman–Crippen LogP) is 16.0. The molecule has 0 fully saturated rings. The third-order valence-corrected chi connectivity index (χ3v) is 12.2. The van der Waals surface area contributed by atoms with Crippen LogP contribution in [0.3, 0.4) is 0 Å². The first kappa shape index (κ1) is 31.9. The summed E-state index contributed by atoms with van der Waals surface area (Å²) in [4.78, 5) is 0. The third-order valence-electron chi connectivity index (χ3n) is 12.2. The van der Waals surface area contributed by atoms with Crippen molar-refractivity contribution in [3.8, 4) is 55.6 Å². The molecular weight excluding hydrogens is 692 g/mol. The van der Waals surface area contributed by atoms with Gasteiger partial charge in [0.1, 0.15) is 5.82 Å². The van der Waals surface area contributed by atoms with Crippen LogP contribution in [-0.4, -0.2) is 0 Å². The molecule has 57 heavy (non-hydrogen) atoms. The van der Waals surface area contributed by atoms with Gasteiger partial charge in [0.05, 0.1) is 0 Å². The van der Waals surface area contributed by atoms with E-state index in [1.54, 1.807) is 12.1 Å². The third kappa shape index (κ3) is 4.99. The minimum Gasteiger partial charge on any atom is -0.207 e. The van der Waals surface area contributed by atoms with Crippen LogP contribution in [0.1, 0.15) is 0 Å². The lowest BCUT2D eigenvalue weighted by Crippen LogP contribution is -1.90. The Bertz CT molecular complexity index is 3500. The summed E-state index contributed by atoms with van der Waals surface area (Å²) in [6.45, 7) is 0. The summed E-state index contributed by atoms with van der Waals surface area (Å²) >= 11 is 0. The highest BCUT2D eigenvalue weighted by molar-refractivity contribution is 6.28. The van der Waals surface area contributed by atoms with Crippen molar-refractivity contribution in [1.82, 2.24) is 0 Å². The molecule has 12 rings (SSSR count). The summed E-state index contributed by atoms with van der Waals surface area (Å²) in [7, 11) is 0. The summed E-state index contributed by atoms with van der Waals surface area (Å²) in [6, 6.07) is 71.7. The second kappa shape index (κ2) is 12.3. The largest absolute Gasteiger partial charge is 0.207 e. The van der Waals surface area contributed by atoms with Gasteiger partial charge in [0, 0.05) is 0 Å². The van der Waals surface area contributed by atoms with Crippen LogP contribution in [0.4, 0.5) is 4.39 Å². The molecule has 0 nitrogen and oxygen atoms in total. The Kier molecular flexibility index (Phi) is 6.91. The van der Waals surface area contributed by atoms with Crippen molar-refractivity contribution in [3.63, 3.8) is 0 Å². The molecule has 0 unspecified atom stereocenters. The second-order valence-electron chi connectivity index (χ2n) is 15.4. The molecule has 0 aromatic heterocycles. The molecule has 0 saturated heterocycles. The Hall–Kier alpha value is -7.35. The van der Waals surface area contributed by atoms with E-state index >= 15 is 0 Å². The summed E-state index contributed by atoms with van der Waals surface area (Å²) in [5.74, 6) is -0.222. The SMILES string of the molecule is Fc1ccc(-c2ccc3ccc4c(-c5cccc(-c6cccc(-c7cccc(-c8ccc9ccc%10cccc%11ccc8c9c%10%11)c7)c6)c5)ccc5ccc2c3c54)cc1. The van der Waals surface area contributed by atoms with Gasteiger partial charge in [-0.2, -0.15) is 0 Å². The van der Waals surface area contributed by atoms with Gasteiger partial charge >= 0.3 is 0 Å². The van der Waals surface area contributed by atoms with E-state index in [0.717, 1.165) is 11.1 Å². The van der Waals surface area contributed by atoms with Gasteiger partial charge in [0.15, 0.2) is 0 Å². The van der Waals surface area contributed by atoms with Gasteiger partial charge in [-0.25, -0.2) is 4.39 Å². The smallest absolute Gasteiger partial charge is 0.123 e. The maximum absolute atomic E-state index is 13.9. The van der Waals surface area contributed by atoms with Crippen molar-refractivity contribution < 1.29 is 4.39 Å². The molecule has 0 aliphatic heterocycles. The van der Waals surface area contributed by atoms with Gasteiger partial charge in [-0.1, -0.05) is 170 Å². The Morgan fingerprint density at radius 3 is 1.00 bits per heavy atom. The maximum atomic E-state index is 13.9. The fourth-order valence-corrected chi connectivity index (χ4v) is 9.53. The number of benzene rings is 12. The summed E-state index contributed by atoms with van der Waals surface area (Å²) < 4.78 is 13.9. The molecule has 264 valence electrons. The summed E-state index contributed by atoms with van der Waals surface area (Å²) in [5.41, 5.74) is 11.8. The van der Waals surface area contributed by atoms with E-state index in [1.807, 2.05) is 12.1 Å². The minimum atomic E-state index is -0.222. The molecule has 0 saturated carbocycles. The van der Waals surface area contributed by atoms with Crippen LogP contribution in [0, 0.1) is 5.82 Å². The highest BCUT2D eigenvalue weighted by Gasteiger charge is 2.16. The normalized spacial score (nSPS) is 11.9. The molecule has 0 spiro atoms. The number of halogens is 1. The second-order valence-corrected chi connectivity index (χ2v) is 15.4. The molecule has 12 aromatic rings. The minimum absolute atomic E-state index is 0.222. The van der Waals surface area contributed by atoms with Gasteiger partial charge in [-0.15, -0.1) is 0 Å². The van der Waals surface area contributed by atoms with Crippen molar-refractivity contribution in [2.24, 2.45) is 0 Å². The molecule has 0 radical (unpaired) electrons. The van der Waals surface area contributed by atoms with E-state index in [0.29, 0.717) is 0 Å². The van der Waals surface area contributed by atoms with Crippen LogP contribution in [0.25, 0.3) is 120 Å². The van der Waals surface area contributed by atoms with Gasteiger partial charge in [-0.3, -0.25) is 0 Å². The summed E-state index contributed by atoms with van der Waals surface area (Å²) in [5, 5.41) is 15.2. The van der Waals surface area contributed by atoms with E-state index < -0.39 is 0 Å².